The van der Waals surface area contributed by atoms with Crippen LogP contribution in [0.15, 0.2) is 0 Å². The Morgan fingerprint density at radius 3 is 2.13 bits per heavy atom. The summed E-state index contributed by atoms with van der Waals surface area (Å²) >= 11 is 0. The van der Waals surface area contributed by atoms with Gasteiger partial charge in [0.25, 0.3) is 0 Å². The zero-order valence-electron chi connectivity index (χ0n) is 9.96. The molecule has 2 atom stereocenters. The molecule has 0 radical (unpaired) electrons. The molecule has 2 aliphatic carbocycles. The second kappa shape index (κ2) is 5.89. The predicted molar refractivity (Wildman–Crippen MR) is 63.8 cm³/mol. The van der Waals surface area contributed by atoms with Crippen LogP contribution in [-0.4, -0.2) is 11.2 Å². The van der Waals surface area contributed by atoms with E-state index in [4.69, 9.17) is 0 Å². The van der Waals surface area contributed by atoms with Crippen molar-refractivity contribution in [3.63, 3.8) is 0 Å². The predicted octanol–water partition coefficient (Wildman–Crippen LogP) is 3.90. The lowest BCUT2D eigenvalue weighted by molar-refractivity contribution is 0.154. The summed E-state index contributed by atoms with van der Waals surface area (Å²) in [6.45, 7) is 0. The summed E-state index contributed by atoms with van der Waals surface area (Å²) in [6.07, 6.45) is 14.9. The molecule has 2 fully saturated rings. The van der Waals surface area contributed by atoms with Crippen LogP contribution in [-0.2, 0) is 0 Å². The molecule has 2 rings (SSSR count). The van der Waals surface area contributed by atoms with Gasteiger partial charge in [0.15, 0.2) is 0 Å². The lowest BCUT2D eigenvalue weighted by atomic mass is 9.80. The number of hydrogen-bond acceptors (Lipinski definition) is 1. The summed E-state index contributed by atoms with van der Waals surface area (Å²) in [6, 6.07) is 0. The fourth-order valence-corrected chi connectivity index (χ4v) is 3.49. The Bertz CT molecular complexity index is 172. The Morgan fingerprint density at radius 1 is 0.667 bits per heavy atom. The van der Waals surface area contributed by atoms with Crippen molar-refractivity contribution in [3.05, 3.63) is 0 Å². The van der Waals surface area contributed by atoms with Gasteiger partial charge in [-0.15, -0.1) is 0 Å². The molecule has 0 amide bonds. The number of rotatable bonds is 2. The minimum Gasteiger partial charge on any atom is -0.393 e. The molecule has 15 heavy (non-hydrogen) atoms. The molecule has 0 aromatic carbocycles. The second-order valence-corrected chi connectivity index (χ2v) is 5.77. The van der Waals surface area contributed by atoms with Crippen LogP contribution in [0, 0.1) is 11.8 Å². The Labute approximate surface area is 94.3 Å². The molecule has 0 heterocycles. The first-order valence-electron chi connectivity index (χ1n) is 7.02. The highest BCUT2D eigenvalue weighted by Crippen LogP contribution is 2.34. The molecule has 2 saturated carbocycles. The van der Waals surface area contributed by atoms with E-state index >= 15 is 0 Å². The standard InChI is InChI=1S/C14H26O/c15-14-8-4-7-13(9-10-14)11-12-5-2-1-3-6-12/h12-15H,1-11H2. The summed E-state index contributed by atoms with van der Waals surface area (Å²) in [5, 5.41) is 9.61. The van der Waals surface area contributed by atoms with E-state index in [-0.39, 0.29) is 6.10 Å². The zero-order valence-corrected chi connectivity index (χ0v) is 9.96. The maximum atomic E-state index is 9.61. The molecule has 1 heteroatoms. The van der Waals surface area contributed by atoms with Crippen LogP contribution in [0.5, 0.6) is 0 Å². The van der Waals surface area contributed by atoms with Gasteiger partial charge in [0.05, 0.1) is 6.10 Å². The highest BCUT2D eigenvalue weighted by Gasteiger charge is 2.21. The molecule has 88 valence electrons. The monoisotopic (exact) mass is 210 g/mol. The maximum absolute atomic E-state index is 9.61. The lowest BCUT2D eigenvalue weighted by Gasteiger charge is -2.25. The van der Waals surface area contributed by atoms with E-state index in [1.54, 1.807) is 0 Å². The highest BCUT2D eigenvalue weighted by atomic mass is 16.3. The van der Waals surface area contributed by atoms with Gasteiger partial charge in [0, 0.05) is 0 Å². The molecule has 1 N–H and O–H groups in total. The van der Waals surface area contributed by atoms with Crippen molar-refractivity contribution >= 4 is 0 Å². The molecule has 2 unspecified atom stereocenters. The van der Waals surface area contributed by atoms with E-state index in [0.29, 0.717) is 0 Å². The molecule has 1 nitrogen and oxygen atoms in total. The Morgan fingerprint density at radius 2 is 1.33 bits per heavy atom. The molecule has 0 aliphatic heterocycles. The topological polar surface area (TPSA) is 20.2 Å². The zero-order chi connectivity index (χ0) is 10.5. The lowest BCUT2D eigenvalue weighted by Crippen LogP contribution is -2.12. The second-order valence-electron chi connectivity index (χ2n) is 5.77. The summed E-state index contributed by atoms with van der Waals surface area (Å²) in [5.41, 5.74) is 0. The van der Waals surface area contributed by atoms with Crippen LogP contribution in [0.4, 0.5) is 0 Å². The molecule has 0 aromatic rings. The quantitative estimate of drug-likeness (QED) is 0.685. The Kier molecular flexibility index (Phi) is 4.49. The van der Waals surface area contributed by atoms with Crippen LogP contribution in [0.1, 0.15) is 70.6 Å². The molecule has 0 aromatic heterocycles. The van der Waals surface area contributed by atoms with E-state index in [0.717, 1.165) is 24.7 Å². The molecular formula is C14H26O. The normalized spacial score (nSPS) is 35.0. The molecule has 0 spiro atoms. The van der Waals surface area contributed by atoms with Crippen molar-refractivity contribution < 1.29 is 5.11 Å². The average Bonchev–Trinajstić information content (AvgIpc) is 2.46. The van der Waals surface area contributed by atoms with E-state index in [9.17, 15) is 5.11 Å². The molecular weight excluding hydrogens is 184 g/mol. The van der Waals surface area contributed by atoms with Crippen LogP contribution in [0.25, 0.3) is 0 Å². The van der Waals surface area contributed by atoms with Gasteiger partial charge < -0.3 is 5.11 Å². The average molecular weight is 210 g/mol. The number of hydrogen-bond donors (Lipinski definition) is 1. The third-order valence-corrected chi connectivity index (χ3v) is 4.45. The van der Waals surface area contributed by atoms with Gasteiger partial charge in [-0.3, -0.25) is 0 Å². The summed E-state index contributed by atoms with van der Waals surface area (Å²) in [7, 11) is 0. The van der Waals surface area contributed by atoms with Gasteiger partial charge in [0.1, 0.15) is 0 Å². The van der Waals surface area contributed by atoms with E-state index < -0.39 is 0 Å². The summed E-state index contributed by atoms with van der Waals surface area (Å²) < 4.78 is 0. The fraction of sp³-hybridized carbons (Fsp3) is 1.00. The summed E-state index contributed by atoms with van der Waals surface area (Å²) in [5.74, 6) is 1.96. The van der Waals surface area contributed by atoms with Crippen LogP contribution in [0.2, 0.25) is 0 Å². The highest BCUT2D eigenvalue weighted by molar-refractivity contribution is 4.74. The van der Waals surface area contributed by atoms with E-state index in [1.807, 2.05) is 0 Å². The van der Waals surface area contributed by atoms with Crippen LogP contribution < -0.4 is 0 Å². The fourth-order valence-electron chi connectivity index (χ4n) is 3.49. The van der Waals surface area contributed by atoms with Gasteiger partial charge >= 0.3 is 0 Å². The molecule has 0 saturated heterocycles. The van der Waals surface area contributed by atoms with Gasteiger partial charge in [-0.05, 0) is 37.5 Å². The smallest absolute Gasteiger partial charge is 0.0540 e. The first kappa shape index (κ1) is 11.4. The van der Waals surface area contributed by atoms with Crippen molar-refractivity contribution in [2.24, 2.45) is 11.8 Å². The summed E-state index contributed by atoms with van der Waals surface area (Å²) in [4.78, 5) is 0. The minimum absolute atomic E-state index is 0.0151. The van der Waals surface area contributed by atoms with Gasteiger partial charge in [-0.2, -0.15) is 0 Å². The minimum atomic E-state index is 0.0151. The first-order valence-corrected chi connectivity index (χ1v) is 7.02. The van der Waals surface area contributed by atoms with Gasteiger partial charge in [0.2, 0.25) is 0 Å². The van der Waals surface area contributed by atoms with Crippen molar-refractivity contribution in [3.8, 4) is 0 Å². The Balaban J connectivity index is 1.72. The Hall–Kier alpha value is -0.0400. The third kappa shape index (κ3) is 3.79. The first-order chi connectivity index (χ1) is 7.34. The van der Waals surface area contributed by atoms with Gasteiger partial charge in [-0.1, -0.05) is 44.9 Å². The van der Waals surface area contributed by atoms with Crippen molar-refractivity contribution in [1.82, 2.24) is 0 Å². The third-order valence-electron chi connectivity index (χ3n) is 4.45. The molecule has 0 bridgehead atoms. The van der Waals surface area contributed by atoms with Gasteiger partial charge in [-0.25, -0.2) is 0 Å². The van der Waals surface area contributed by atoms with Crippen molar-refractivity contribution in [2.75, 3.05) is 0 Å². The number of aliphatic hydroxyl groups excluding tert-OH is 1. The maximum Gasteiger partial charge on any atom is 0.0540 e. The SMILES string of the molecule is OC1CCCC(CC2CCCCC2)CC1. The van der Waals surface area contributed by atoms with E-state index in [1.165, 1.54) is 57.8 Å². The largest absolute Gasteiger partial charge is 0.393 e. The van der Waals surface area contributed by atoms with Crippen LogP contribution in [0.3, 0.4) is 0 Å². The van der Waals surface area contributed by atoms with E-state index in [2.05, 4.69) is 0 Å². The van der Waals surface area contributed by atoms with Crippen LogP contribution >= 0.6 is 0 Å². The number of aliphatic hydroxyl groups is 1. The van der Waals surface area contributed by atoms with Crippen molar-refractivity contribution in [2.45, 2.75) is 76.7 Å². The van der Waals surface area contributed by atoms with Crippen molar-refractivity contribution in [1.29, 1.82) is 0 Å². The molecule has 2 aliphatic rings.